The number of amides is 5. The summed E-state index contributed by atoms with van der Waals surface area (Å²) in [5.74, 6) is -1.18. The van der Waals surface area contributed by atoms with Crippen LogP contribution in [0.15, 0.2) is 24.3 Å². The molecule has 0 fully saturated rings. The molecule has 0 aromatic heterocycles. The summed E-state index contributed by atoms with van der Waals surface area (Å²) in [6, 6.07) is 3.97. The molecular formula is C33H53N5O8. The van der Waals surface area contributed by atoms with E-state index in [1.54, 1.807) is 65.8 Å². The number of esters is 1. The summed E-state index contributed by atoms with van der Waals surface area (Å²) in [6.45, 7) is 15.1. The molecule has 2 aliphatic heterocycles. The van der Waals surface area contributed by atoms with Crippen LogP contribution in [0.25, 0.3) is 0 Å². The Kier molecular flexibility index (Phi) is 14.8. The van der Waals surface area contributed by atoms with Crippen LogP contribution in [-0.2, 0) is 35.0 Å². The molecule has 0 unspecified atom stereocenters. The Bertz CT molecular complexity index is 1170. The molecule has 0 saturated heterocycles. The summed E-state index contributed by atoms with van der Waals surface area (Å²) in [4.78, 5) is 64.1. The monoisotopic (exact) mass is 647 g/mol. The van der Waals surface area contributed by atoms with Crippen LogP contribution >= 0.6 is 0 Å². The molecule has 3 rings (SSSR count). The van der Waals surface area contributed by atoms with E-state index in [4.69, 9.17) is 14.2 Å². The number of hydrogen-bond donors (Lipinski definition) is 5. The van der Waals surface area contributed by atoms with Gasteiger partial charge >= 0.3 is 18.1 Å². The number of rotatable bonds is 9. The zero-order chi connectivity index (χ0) is 34.5. The van der Waals surface area contributed by atoms with E-state index in [9.17, 15) is 24.0 Å². The molecule has 0 radical (unpaired) electrons. The number of hydrogen-bond acceptors (Lipinski definition) is 8. The first-order valence-corrected chi connectivity index (χ1v) is 16.0. The van der Waals surface area contributed by atoms with Crippen molar-refractivity contribution >= 4 is 35.6 Å². The van der Waals surface area contributed by atoms with Gasteiger partial charge in [-0.25, -0.2) is 14.4 Å². The molecule has 1 aromatic rings. The summed E-state index contributed by atoms with van der Waals surface area (Å²) in [5.41, 5.74) is -0.0330. The fraction of sp³-hybridized carbons (Fsp3) is 0.667. The lowest BCUT2D eigenvalue weighted by Crippen LogP contribution is -2.56. The van der Waals surface area contributed by atoms with E-state index < -0.39 is 47.3 Å². The largest absolute Gasteiger partial charge is 0.458 e. The van der Waals surface area contributed by atoms with Gasteiger partial charge in [-0.3, -0.25) is 9.59 Å². The van der Waals surface area contributed by atoms with E-state index >= 15 is 0 Å². The van der Waals surface area contributed by atoms with Gasteiger partial charge in [0.2, 0.25) is 11.8 Å². The van der Waals surface area contributed by atoms with Crippen LogP contribution in [0.2, 0.25) is 0 Å². The number of fused-ring (bicyclic) bond motifs is 12. The van der Waals surface area contributed by atoms with E-state index in [0.717, 1.165) is 5.56 Å². The Labute approximate surface area is 272 Å². The maximum absolute atomic E-state index is 13.5. The third-order valence-electron chi connectivity index (χ3n) is 6.79. The number of carbonyl (C=O) groups is 5. The molecular weight excluding hydrogens is 594 g/mol. The topological polar surface area (TPSA) is 173 Å². The number of urea groups is 1. The average Bonchev–Trinajstić information content (AvgIpc) is 2.92. The van der Waals surface area contributed by atoms with E-state index in [0.29, 0.717) is 25.1 Å². The highest BCUT2D eigenvalue weighted by atomic mass is 16.6. The maximum Gasteiger partial charge on any atom is 0.407 e. The van der Waals surface area contributed by atoms with Gasteiger partial charge in [0.1, 0.15) is 23.3 Å². The van der Waals surface area contributed by atoms with E-state index in [1.807, 2.05) is 13.8 Å². The highest BCUT2D eigenvalue weighted by molar-refractivity contribution is 5.91. The van der Waals surface area contributed by atoms with E-state index in [2.05, 4.69) is 26.6 Å². The Hall–Kier alpha value is -3.87. The minimum absolute atomic E-state index is 0.0168. The lowest BCUT2D eigenvalue weighted by molar-refractivity contribution is -0.157. The van der Waals surface area contributed by atoms with Crippen LogP contribution in [0.4, 0.5) is 15.3 Å². The summed E-state index contributed by atoms with van der Waals surface area (Å²) in [7, 11) is 0. The van der Waals surface area contributed by atoms with Gasteiger partial charge in [0, 0.05) is 18.7 Å². The highest BCUT2D eigenvalue weighted by Gasteiger charge is 2.30. The van der Waals surface area contributed by atoms with Crippen molar-refractivity contribution < 1.29 is 38.2 Å². The van der Waals surface area contributed by atoms with Crippen LogP contribution in [0.1, 0.15) is 86.6 Å². The minimum Gasteiger partial charge on any atom is -0.458 e. The second-order valence-corrected chi connectivity index (χ2v) is 13.8. The van der Waals surface area contributed by atoms with Crippen molar-refractivity contribution in [3.63, 3.8) is 0 Å². The van der Waals surface area contributed by atoms with Crippen LogP contribution in [0, 0.1) is 5.92 Å². The van der Waals surface area contributed by atoms with Gasteiger partial charge in [-0.05, 0) is 84.4 Å². The molecule has 0 saturated carbocycles. The molecule has 258 valence electrons. The Morgan fingerprint density at radius 1 is 0.978 bits per heavy atom. The number of benzene rings is 1. The van der Waals surface area contributed by atoms with Crippen LogP contribution in [-0.4, -0.2) is 79.0 Å². The van der Waals surface area contributed by atoms with Gasteiger partial charge in [-0.1, -0.05) is 26.0 Å². The highest BCUT2D eigenvalue weighted by Crippen LogP contribution is 2.15. The first kappa shape index (κ1) is 38.3. The molecule has 2 heterocycles. The third kappa shape index (κ3) is 15.4. The smallest absolute Gasteiger partial charge is 0.407 e. The average molecular weight is 648 g/mol. The van der Waals surface area contributed by atoms with Crippen molar-refractivity contribution in [1.82, 2.24) is 21.3 Å². The van der Waals surface area contributed by atoms with Gasteiger partial charge in [-0.2, -0.15) is 0 Å². The number of anilines is 1. The van der Waals surface area contributed by atoms with Crippen molar-refractivity contribution in [1.29, 1.82) is 0 Å². The first-order valence-electron chi connectivity index (χ1n) is 16.0. The molecule has 5 N–H and O–H groups in total. The van der Waals surface area contributed by atoms with Crippen LogP contribution in [0.3, 0.4) is 0 Å². The third-order valence-corrected chi connectivity index (χ3v) is 6.79. The number of ether oxygens (including phenoxy) is 3. The van der Waals surface area contributed by atoms with Crippen molar-refractivity contribution in [2.45, 2.75) is 117 Å². The predicted molar refractivity (Wildman–Crippen MR) is 174 cm³/mol. The number of alkyl carbamates (subject to hydrolysis) is 1. The van der Waals surface area contributed by atoms with Crippen LogP contribution in [0.5, 0.6) is 0 Å². The van der Waals surface area contributed by atoms with E-state index in [-0.39, 0.29) is 50.3 Å². The maximum atomic E-state index is 13.5. The minimum atomic E-state index is -0.995. The molecule has 13 nitrogen and oxygen atoms in total. The van der Waals surface area contributed by atoms with Gasteiger partial charge in [0.05, 0.1) is 25.7 Å². The molecule has 0 aliphatic carbocycles. The standard InChI is InChI=1S/C33H53N5O8/c1-21(2)26-20-44-18-16-27(39)35-23-14-12-22(13-15-23)19-25(28(40)36-26)38-30(42)37-24(29(41)45-32(3,4)5)11-9-10-17-34-31(43)46-33(6,7)8/h12-15,21,24-26H,9-11,16-20H2,1-8H3,(H,34,43)(H,35,39)(H,36,40)(H2,37,38,42)/t24-,25+,26+/m0/s1. The lowest BCUT2D eigenvalue weighted by Gasteiger charge is -2.27. The second-order valence-electron chi connectivity index (χ2n) is 13.8. The molecule has 1 aromatic carbocycles. The summed E-state index contributed by atoms with van der Waals surface area (Å²) < 4.78 is 16.5. The number of carbonyl (C=O) groups excluding carboxylic acids is 5. The van der Waals surface area contributed by atoms with Crippen molar-refractivity contribution in [3.05, 3.63) is 29.8 Å². The second kappa shape index (κ2) is 17.7. The van der Waals surface area contributed by atoms with Gasteiger partial charge in [-0.15, -0.1) is 0 Å². The quantitative estimate of drug-likeness (QED) is 0.199. The predicted octanol–water partition coefficient (Wildman–Crippen LogP) is 3.80. The number of nitrogens with one attached hydrogen (secondary N) is 5. The zero-order valence-corrected chi connectivity index (χ0v) is 28.5. The Morgan fingerprint density at radius 3 is 2.24 bits per heavy atom. The van der Waals surface area contributed by atoms with Crippen molar-refractivity contribution in [3.8, 4) is 0 Å². The fourth-order valence-corrected chi connectivity index (χ4v) is 4.41. The van der Waals surface area contributed by atoms with Crippen LogP contribution < -0.4 is 26.6 Å². The SMILES string of the molecule is CC(C)[C@H]1COCCC(=O)Nc2ccc(cc2)C[C@@H](NC(=O)N[C@@H](CCCCNC(=O)OC(C)(C)C)C(=O)OC(C)(C)C)C(=O)N1. The number of unbranched alkanes of at least 4 members (excludes halogenated alkanes) is 1. The normalized spacial score (nSPS) is 18.7. The van der Waals surface area contributed by atoms with Crippen molar-refractivity contribution in [2.75, 3.05) is 25.1 Å². The lowest BCUT2D eigenvalue weighted by atomic mass is 10.0. The summed E-state index contributed by atoms with van der Waals surface area (Å²) in [5, 5.41) is 13.9. The zero-order valence-electron chi connectivity index (χ0n) is 28.5. The first-order chi connectivity index (χ1) is 21.4. The Morgan fingerprint density at radius 2 is 1.63 bits per heavy atom. The molecule has 46 heavy (non-hydrogen) atoms. The van der Waals surface area contributed by atoms with E-state index in [1.165, 1.54) is 0 Å². The van der Waals surface area contributed by atoms with Gasteiger partial charge in [0.15, 0.2) is 0 Å². The molecule has 2 aliphatic rings. The molecule has 0 spiro atoms. The van der Waals surface area contributed by atoms with Gasteiger partial charge in [0.25, 0.3) is 0 Å². The van der Waals surface area contributed by atoms with Gasteiger partial charge < -0.3 is 40.8 Å². The summed E-state index contributed by atoms with van der Waals surface area (Å²) >= 11 is 0. The van der Waals surface area contributed by atoms with Crippen molar-refractivity contribution in [2.24, 2.45) is 5.92 Å². The molecule has 5 amide bonds. The molecule has 13 heteroatoms. The Balaban J connectivity index is 2.15. The molecule has 2 bridgehead atoms. The fourth-order valence-electron chi connectivity index (χ4n) is 4.41. The summed E-state index contributed by atoms with van der Waals surface area (Å²) in [6.07, 6.45) is 1.06. The molecule has 3 atom stereocenters.